The van der Waals surface area contributed by atoms with Gasteiger partial charge in [0.2, 0.25) is 0 Å². The van der Waals surface area contributed by atoms with Crippen LogP contribution >= 0.6 is 11.6 Å². The fourth-order valence-electron chi connectivity index (χ4n) is 2.36. The summed E-state index contributed by atoms with van der Waals surface area (Å²) in [5.74, 6) is 1.62. The van der Waals surface area contributed by atoms with Crippen LogP contribution in [0.5, 0.6) is 11.5 Å². The van der Waals surface area contributed by atoms with Crippen LogP contribution in [0.1, 0.15) is 11.1 Å². The standard InChI is InChI=1S/C22H21ClO3/c23-20-8-6-19(7-9-20)16-24-14-15-25-21-10-12-22(13-11-21)26-17-18-4-2-1-3-5-18/h1-13H,14-17H2. The summed E-state index contributed by atoms with van der Waals surface area (Å²) in [7, 11) is 0. The molecule has 0 atom stereocenters. The van der Waals surface area contributed by atoms with Gasteiger partial charge in [-0.25, -0.2) is 0 Å². The van der Waals surface area contributed by atoms with Gasteiger partial charge in [0.15, 0.2) is 0 Å². The Bertz CT molecular complexity index is 771. The molecule has 3 aromatic carbocycles. The maximum atomic E-state index is 5.86. The Balaban J connectivity index is 1.34. The minimum absolute atomic E-state index is 0.498. The Labute approximate surface area is 159 Å². The maximum Gasteiger partial charge on any atom is 0.120 e. The summed E-state index contributed by atoms with van der Waals surface area (Å²) in [4.78, 5) is 0. The van der Waals surface area contributed by atoms with Crippen LogP contribution in [0, 0.1) is 0 Å². The lowest BCUT2D eigenvalue weighted by molar-refractivity contribution is 0.0889. The molecule has 4 heteroatoms. The molecule has 0 amide bonds. The van der Waals surface area contributed by atoms with E-state index in [2.05, 4.69) is 0 Å². The topological polar surface area (TPSA) is 27.7 Å². The van der Waals surface area contributed by atoms with Gasteiger partial charge in [0.1, 0.15) is 24.7 Å². The normalized spacial score (nSPS) is 10.5. The summed E-state index contributed by atoms with van der Waals surface area (Å²) >= 11 is 5.86. The summed E-state index contributed by atoms with van der Waals surface area (Å²) in [6, 6.07) is 25.3. The van der Waals surface area contributed by atoms with E-state index in [1.165, 1.54) is 0 Å². The highest BCUT2D eigenvalue weighted by atomic mass is 35.5. The van der Waals surface area contributed by atoms with Crippen molar-refractivity contribution in [2.75, 3.05) is 13.2 Å². The average molecular weight is 369 g/mol. The molecule has 3 rings (SSSR count). The predicted molar refractivity (Wildman–Crippen MR) is 104 cm³/mol. The third-order valence-corrected chi connectivity index (χ3v) is 4.00. The molecule has 0 radical (unpaired) electrons. The van der Waals surface area contributed by atoms with E-state index in [9.17, 15) is 0 Å². The van der Waals surface area contributed by atoms with Crippen LogP contribution < -0.4 is 9.47 Å². The number of rotatable bonds is 9. The molecule has 0 saturated heterocycles. The number of ether oxygens (including phenoxy) is 3. The van der Waals surface area contributed by atoms with E-state index in [0.717, 1.165) is 27.6 Å². The zero-order valence-corrected chi connectivity index (χ0v) is 15.2. The largest absolute Gasteiger partial charge is 0.491 e. The van der Waals surface area contributed by atoms with Gasteiger partial charge in [0, 0.05) is 5.02 Å². The fraction of sp³-hybridized carbons (Fsp3) is 0.182. The molecule has 0 aliphatic rings. The molecule has 0 aliphatic carbocycles. The Morgan fingerprint density at radius 3 is 1.88 bits per heavy atom. The van der Waals surface area contributed by atoms with Crippen LogP contribution in [0.4, 0.5) is 0 Å². The second kappa shape index (κ2) is 9.85. The smallest absolute Gasteiger partial charge is 0.120 e. The highest BCUT2D eigenvalue weighted by molar-refractivity contribution is 6.30. The summed E-state index contributed by atoms with van der Waals surface area (Å²) < 4.78 is 17.0. The molecule has 0 aliphatic heterocycles. The molecule has 0 unspecified atom stereocenters. The van der Waals surface area contributed by atoms with E-state index in [1.807, 2.05) is 78.9 Å². The molecule has 0 heterocycles. The van der Waals surface area contributed by atoms with Gasteiger partial charge in [-0.05, 0) is 47.5 Å². The van der Waals surface area contributed by atoms with Gasteiger partial charge in [-0.1, -0.05) is 54.1 Å². The van der Waals surface area contributed by atoms with E-state index in [4.69, 9.17) is 25.8 Å². The Hall–Kier alpha value is -2.49. The Morgan fingerprint density at radius 2 is 1.19 bits per heavy atom. The van der Waals surface area contributed by atoms with E-state index >= 15 is 0 Å². The molecular formula is C22H21ClO3. The minimum atomic E-state index is 0.498. The summed E-state index contributed by atoms with van der Waals surface area (Å²) in [6.07, 6.45) is 0. The average Bonchev–Trinajstić information content (AvgIpc) is 2.69. The maximum absolute atomic E-state index is 5.86. The molecule has 0 saturated carbocycles. The predicted octanol–water partition coefficient (Wildman–Crippen LogP) is 5.51. The number of hydrogen-bond donors (Lipinski definition) is 0. The lowest BCUT2D eigenvalue weighted by atomic mass is 10.2. The molecule has 0 fully saturated rings. The molecule has 3 aromatic rings. The van der Waals surface area contributed by atoms with Crippen molar-refractivity contribution in [2.24, 2.45) is 0 Å². The van der Waals surface area contributed by atoms with Crippen LogP contribution in [0.25, 0.3) is 0 Å². The molecule has 0 N–H and O–H groups in total. The quantitative estimate of drug-likeness (QED) is 0.466. The van der Waals surface area contributed by atoms with Crippen LogP contribution in [-0.2, 0) is 18.0 Å². The van der Waals surface area contributed by atoms with E-state index in [0.29, 0.717) is 26.4 Å². The van der Waals surface area contributed by atoms with Crippen molar-refractivity contribution in [3.63, 3.8) is 0 Å². The third-order valence-electron chi connectivity index (χ3n) is 3.75. The summed E-state index contributed by atoms with van der Waals surface area (Å²) in [5, 5.41) is 0.730. The van der Waals surface area contributed by atoms with Gasteiger partial charge in [0.05, 0.1) is 13.2 Å². The molecule has 0 spiro atoms. The van der Waals surface area contributed by atoms with Crippen molar-refractivity contribution in [1.82, 2.24) is 0 Å². The molecule has 0 aromatic heterocycles. The second-order valence-electron chi connectivity index (χ2n) is 5.77. The first-order valence-corrected chi connectivity index (χ1v) is 8.89. The lowest BCUT2D eigenvalue weighted by Crippen LogP contribution is -2.06. The molecule has 26 heavy (non-hydrogen) atoms. The van der Waals surface area contributed by atoms with Gasteiger partial charge in [0.25, 0.3) is 0 Å². The SMILES string of the molecule is Clc1ccc(COCCOc2ccc(OCc3ccccc3)cc2)cc1. The Kier molecular flexibility index (Phi) is 6.94. The highest BCUT2D eigenvalue weighted by Gasteiger charge is 1.99. The number of hydrogen-bond acceptors (Lipinski definition) is 3. The fourth-order valence-corrected chi connectivity index (χ4v) is 2.49. The van der Waals surface area contributed by atoms with Crippen molar-refractivity contribution >= 4 is 11.6 Å². The monoisotopic (exact) mass is 368 g/mol. The first-order valence-electron chi connectivity index (χ1n) is 8.51. The Morgan fingerprint density at radius 1 is 0.577 bits per heavy atom. The zero-order chi connectivity index (χ0) is 18.0. The van der Waals surface area contributed by atoms with Gasteiger partial charge in [-0.2, -0.15) is 0 Å². The molecule has 134 valence electrons. The number of benzene rings is 3. The minimum Gasteiger partial charge on any atom is -0.491 e. The highest BCUT2D eigenvalue weighted by Crippen LogP contribution is 2.18. The van der Waals surface area contributed by atoms with Crippen molar-refractivity contribution in [3.05, 3.63) is 95.0 Å². The summed E-state index contributed by atoms with van der Waals surface area (Å²) in [5.41, 5.74) is 2.24. The van der Waals surface area contributed by atoms with Crippen LogP contribution in [0.2, 0.25) is 5.02 Å². The van der Waals surface area contributed by atoms with Gasteiger partial charge >= 0.3 is 0 Å². The molecule has 3 nitrogen and oxygen atoms in total. The van der Waals surface area contributed by atoms with Crippen molar-refractivity contribution < 1.29 is 14.2 Å². The van der Waals surface area contributed by atoms with Crippen LogP contribution in [0.3, 0.4) is 0 Å². The van der Waals surface area contributed by atoms with Crippen molar-refractivity contribution in [2.45, 2.75) is 13.2 Å². The second-order valence-corrected chi connectivity index (χ2v) is 6.21. The van der Waals surface area contributed by atoms with E-state index in [-0.39, 0.29) is 0 Å². The number of halogens is 1. The van der Waals surface area contributed by atoms with E-state index < -0.39 is 0 Å². The molecular weight excluding hydrogens is 348 g/mol. The third kappa shape index (κ3) is 6.10. The molecule has 0 bridgehead atoms. The zero-order valence-electron chi connectivity index (χ0n) is 14.4. The van der Waals surface area contributed by atoms with Gasteiger partial charge in [-0.15, -0.1) is 0 Å². The van der Waals surface area contributed by atoms with E-state index in [1.54, 1.807) is 0 Å². The van der Waals surface area contributed by atoms with Crippen molar-refractivity contribution in [3.8, 4) is 11.5 Å². The van der Waals surface area contributed by atoms with Crippen LogP contribution in [0.15, 0.2) is 78.9 Å². The summed E-state index contributed by atoms with van der Waals surface area (Å²) in [6.45, 7) is 2.12. The lowest BCUT2D eigenvalue weighted by Gasteiger charge is -2.09. The van der Waals surface area contributed by atoms with Crippen LogP contribution in [-0.4, -0.2) is 13.2 Å². The van der Waals surface area contributed by atoms with Gasteiger partial charge < -0.3 is 14.2 Å². The first-order chi connectivity index (χ1) is 12.8. The first kappa shape index (κ1) is 18.3. The van der Waals surface area contributed by atoms with Gasteiger partial charge in [-0.3, -0.25) is 0 Å². The van der Waals surface area contributed by atoms with Crippen molar-refractivity contribution in [1.29, 1.82) is 0 Å².